The minimum absolute atomic E-state index is 0.146. The van der Waals surface area contributed by atoms with E-state index in [0.29, 0.717) is 11.3 Å². The highest BCUT2D eigenvalue weighted by Crippen LogP contribution is 2.30. The predicted octanol–water partition coefficient (Wildman–Crippen LogP) is 3.09. The third-order valence-corrected chi connectivity index (χ3v) is 3.71. The van der Waals surface area contributed by atoms with Gasteiger partial charge in [-0.05, 0) is 36.6 Å². The van der Waals surface area contributed by atoms with Gasteiger partial charge in [0.05, 0.1) is 17.1 Å². The minimum Gasteiger partial charge on any atom is -0.397 e. The summed E-state index contributed by atoms with van der Waals surface area (Å²) in [5.74, 6) is -0.146. The van der Waals surface area contributed by atoms with Crippen molar-refractivity contribution in [3.63, 3.8) is 0 Å². The van der Waals surface area contributed by atoms with Gasteiger partial charge < -0.3 is 16.4 Å². The molecule has 0 spiro atoms. The van der Waals surface area contributed by atoms with E-state index in [0.717, 1.165) is 16.3 Å². The molecule has 0 heterocycles. The number of nitrogens with two attached hydrogens (primary N) is 1. The van der Waals surface area contributed by atoms with E-state index >= 15 is 0 Å². The summed E-state index contributed by atoms with van der Waals surface area (Å²) in [5, 5.41) is 5.88. The standard InChI is InChI=1S/C15H17N3OS/c1-17-15(19)10-7-8-12(11(16)9-10)18-13-5-3-4-6-14(13)20-2/h3-9,18H,16H2,1-2H3,(H,17,19). The molecule has 0 saturated heterocycles. The first-order valence-electron chi connectivity index (χ1n) is 6.17. The summed E-state index contributed by atoms with van der Waals surface area (Å²) in [6.45, 7) is 0. The van der Waals surface area contributed by atoms with Crippen LogP contribution in [0.15, 0.2) is 47.4 Å². The Morgan fingerprint density at radius 3 is 2.55 bits per heavy atom. The van der Waals surface area contributed by atoms with Crippen molar-refractivity contribution in [2.45, 2.75) is 4.90 Å². The number of rotatable bonds is 4. The fraction of sp³-hybridized carbons (Fsp3) is 0.133. The second-order valence-electron chi connectivity index (χ2n) is 4.21. The average molecular weight is 287 g/mol. The lowest BCUT2D eigenvalue weighted by molar-refractivity contribution is 0.0963. The van der Waals surface area contributed by atoms with Crippen LogP contribution in [0.1, 0.15) is 10.4 Å². The van der Waals surface area contributed by atoms with Crippen molar-refractivity contribution in [3.05, 3.63) is 48.0 Å². The summed E-state index contributed by atoms with van der Waals surface area (Å²) >= 11 is 1.66. The molecule has 2 aromatic rings. The van der Waals surface area contributed by atoms with E-state index < -0.39 is 0 Å². The number of hydrogen-bond donors (Lipinski definition) is 3. The highest BCUT2D eigenvalue weighted by molar-refractivity contribution is 7.98. The lowest BCUT2D eigenvalue weighted by Gasteiger charge is -2.13. The number of thioether (sulfide) groups is 1. The highest BCUT2D eigenvalue weighted by Gasteiger charge is 2.08. The van der Waals surface area contributed by atoms with Gasteiger partial charge >= 0.3 is 0 Å². The van der Waals surface area contributed by atoms with Gasteiger partial charge in [0, 0.05) is 17.5 Å². The summed E-state index contributed by atoms with van der Waals surface area (Å²) in [5.41, 5.74) is 8.89. The van der Waals surface area contributed by atoms with Crippen LogP contribution < -0.4 is 16.4 Å². The van der Waals surface area contributed by atoms with E-state index in [1.54, 1.807) is 30.9 Å². The summed E-state index contributed by atoms with van der Waals surface area (Å²) < 4.78 is 0. The average Bonchev–Trinajstić information content (AvgIpc) is 2.49. The van der Waals surface area contributed by atoms with Gasteiger partial charge in [-0.25, -0.2) is 0 Å². The maximum atomic E-state index is 11.5. The Hall–Kier alpha value is -2.14. The number of benzene rings is 2. The first-order chi connectivity index (χ1) is 9.65. The molecule has 4 nitrogen and oxygen atoms in total. The maximum Gasteiger partial charge on any atom is 0.251 e. The van der Waals surface area contributed by atoms with Crippen molar-refractivity contribution in [1.82, 2.24) is 5.32 Å². The van der Waals surface area contributed by atoms with E-state index in [1.807, 2.05) is 36.6 Å². The van der Waals surface area contributed by atoms with Crippen LogP contribution in [0, 0.1) is 0 Å². The van der Waals surface area contributed by atoms with Crippen molar-refractivity contribution in [2.75, 3.05) is 24.4 Å². The number of hydrogen-bond acceptors (Lipinski definition) is 4. The van der Waals surface area contributed by atoms with Gasteiger partial charge in [0.1, 0.15) is 0 Å². The molecule has 0 atom stereocenters. The molecule has 0 bridgehead atoms. The van der Waals surface area contributed by atoms with Gasteiger partial charge in [-0.1, -0.05) is 12.1 Å². The van der Waals surface area contributed by atoms with Crippen LogP contribution >= 0.6 is 11.8 Å². The van der Waals surface area contributed by atoms with Crippen LogP contribution in [0.5, 0.6) is 0 Å². The number of carbonyl (C=O) groups excluding carboxylic acids is 1. The number of amides is 1. The largest absolute Gasteiger partial charge is 0.397 e. The zero-order valence-electron chi connectivity index (χ0n) is 11.4. The molecule has 2 rings (SSSR count). The van der Waals surface area contributed by atoms with Crippen LogP contribution in [0.4, 0.5) is 17.1 Å². The van der Waals surface area contributed by atoms with Crippen LogP contribution in [-0.2, 0) is 0 Å². The van der Waals surface area contributed by atoms with Crippen molar-refractivity contribution in [3.8, 4) is 0 Å². The molecule has 20 heavy (non-hydrogen) atoms. The van der Waals surface area contributed by atoms with Gasteiger partial charge in [-0.15, -0.1) is 11.8 Å². The lowest BCUT2D eigenvalue weighted by atomic mass is 10.1. The van der Waals surface area contributed by atoms with Gasteiger partial charge in [0.15, 0.2) is 0 Å². The summed E-state index contributed by atoms with van der Waals surface area (Å²) in [6.07, 6.45) is 2.03. The quantitative estimate of drug-likeness (QED) is 0.597. The van der Waals surface area contributed by atoms with Gasteiger partial charge in [0.25, 0.3) is 5.91 Å². The smallest absolute Gasteiger partial charge is 0.251 e. The number of nitrogen functional groups attached to an aromatic ring is 1. The Bertz CT molecular complexity index is 628. The normalized spacial score (nSPS) is 10.1. The van der Waals surface area contributed by atoms with Gasteiger partial charge in [-0.3, -0.25) is 4.79 Å². The van der Waals surface area contributed by atoms with E-state index in [2.05, 4.69) is 10.6 Å². The number of carbonyl (C=O) groups is 1. The van der Waals surface area contributed by atoms with Crippen LogP contribution in [0.3, 0.4) is 0 Å². The third kappa shape index (κ3) is 3.05. The Labute approximate surface area is 122 Å². The third-order valence-electron chi connectivity index (χ3n) is 2.92. The molecule has 2 aromatic carbocycles. The summed E-state index contributed by atoms with van der Waals surface area (Å²) in [6, 6.07) is 13.2. The molecule has 0 aliphatic heterocycles. The number of para-hydroxylation sites is 1. The second kappa shape index (κ2) is 6.34. The van der Waals surface area contributed by atoms with Crippen molar-refractivity contribution < 1.29 is 4.79 Å². The van der Waals surface area contributed by atoms with Crippen LogP contribution in [0.2, 0.25) is 0 Å². The van der Waals surface area contributed by atoms with Crippen LogP contribution in [-0.4, -0.2) is 19.2 Å². The maximum absolute atomic E-state index is 11.5. The second-order valence-corrected chi connectivity index (χ2v) is 5.05. The van der Waals surface area contributed by atoms with Crippen LogP contribution in [0.25, 0.3) is 0 Å². The molecule has 0 aliphatic rings. The van der Waals surface area contributed by atoms with Gasteiger partial charge in [0.2, 0.25) is 0 Å². The van der Waals surface area contributed by atoms with E-state index in [-0.39, 0.29) is 5.91 Å². The van der Waals surface area contributed by atoms with Crippen molar-refractivity contribution in [2.24, 2.45) is 0 Å². The molecule has 0 fully saturated rings. The highest BCUT2D eigenvalue weighted by atomic mass is 32.2. The molecule has 0 saturated carbocycles. The van der Waals surface area contributed by atoms with Gasteiger partial charge in [-0.2, -0.15) is 0 Å². The molecule has 0 aliphatic carbocycles. The SMILES string of the molecule is CNC(=O)c1ccc(Nc2ccccc2SC)c(N)c1. The number of anilines is 3. The lowest BCUT2D eigenvalue weighted by Crippen LogP contribution is -2.17. The molecule has 4 N–H and O–H groups in total. The van der Waals surface area contributed by atoms with E-state index in [4.69, 9.17) is 5.73 Å². The summed E-state index contributed by atoms with van der Waals surface area (Å²) in [4.78, 5) is 12.7. The fourth-order valence-electron chi connectivity index (χ4n) is 1.86. The van der Waals surface area contributed by atoms with Crippen molar-refractivity contribution in [1.29, 1.82) is 0 Å². The molecule has 0 aromatic heterocycles. The monoisotopic (exact) mass is 287 g/mol. The molecular formula is C15H17N3OS. The molecule has 1 amide bonds. The zero-order chi connectivity index (χ0) is 14.5. The first-order valence-corrected chi connectivity index (χ1v) is 7.40. The Kier molecular flexibility index (Phi) is 4.53. The van der Waals surface area contributed by atoms with E-state index in [9.17, 15) is 4.79 Å². The fourth-order valence-corrected chi connectivity index (χ4v) is 2.41. The Morgan fingerprint density at radius 2 is 1.90 bits per heavy atom. The summed E-state index contributed by atoms with van der Waals surface area (Å²) in [7, 11) is 1.60. The minimum atomic E-state index is -0.146. The molecule has 5 heteroatoms. The zero-order valence-corrected chi connectivity index (χ0v) is 12.3. The van der Waals surface area contributed by atoms with Crippen molar-refractivity contribution >= 4 is 34.7 Å². The molecular weight excluding hydrogens is 270 g/mol. The predicted molar refractivity (Wildman–Crippen MR) is 85.8 cm³/mol. The molecule has 104 valence electrons. The topological polar surface area (TPSA) is 67.2 Å². The first kappa shape index (κ1) is 14.3. The van der Waals surface area contributed by atoms with E-state index in [1.165, 1.54) is 0 Å². The Balaban J connectivity index is 2.28. The Morgan fingerprint density at radius 1 is 1.15 bits per heavy atom. The number of nitrogens with one attached hydrogen (secondary N) is 2. The molecule has 0 radical (unpaired) electrons. The molecule has 0 unspecified atom stereocenters.